The minimum Gasteiger partial charge on any atom is -0.301 e. The van der Waals surface area contributed by atoms with E-state index in [-0.39, 0.29) is 0 Å². The minimum atomic E-state index is 0.790. The first-order chi connectivity index (χ1) is 7.68. The predicted octanol–water partition coefficient (Wildman–Crippen LogP) is 2.73. The van der Waals surface area contributed by atoms with Gasteiger partial charge in [-0.2, -0.15) is 0 Å². The van der Waals surface area contributed by atoms with Gasteiger partial charge < -0.3 is 9.80 Å². The van der Waals surface area contributed by atoms with Crippen LogP contribution >= 0.6 is 0 Å². The third-order valence-corrected chi connectivity index (χ3v) is 4.82. The van der Waals surface area contributed by atoms with Crippen molar-refractivity contribution in [1.82, 2.24) is 9.80 Å². The van der Waals surface area contributed by atoms with Gasteiger partial charge >= 0.3 is 0 Å². The lowest BCUT2D eigenvalue weighted by Gasteiger charge is -2.35. The van der Waals surface area contributed by atoms with Crippen molar-refractivity contribution in [3.05, 3.63) is 0 Å². The van der Waals surface area contributed by atoms with E-state index in [0.29, 0.717) is 0 Å². The molecule has 0 bridgehead atoms. The van der Waals surface area contributed by atoms with Crippen LogP contribution in [0.2, 0.25) is 0 Å². The third-order valence-electron chi connectivity index (χ3n) is 4.82. The van der Waals surface area contributed by atoms with Gasteiger partial charge in [-0.3, -0.25) is 0 Å². The fourth-order valence-corrected chi connectivity index (χ4v) is 3.39. The van der Waals surface area contributed by atoms with Crippen LogP contribution in [0.5, 0.6) is 0 Å². The van der Waals surface area contributed by atoms with Crippen LogP contribution in [0.3, 0.4) is 0 Å². The highest BCUT2D eigenvalue weighted by molar-refractivity contribution is 4.86. The van der Waals surface area contributed by atoms with Crippen molar-refractivity contribution in [2.75, 3.05) is 20.1 Å². The molecule has 2 heteroatoms. The standard InChI is InChI=1S/C14H28N2/c1-12-7-8-14(15(12)3)11-13(2)16-9-5-4-6-10-16/h12-14H,4-11H2,1-3H3/t12-,13?,14-/m1/s1. The maximum Gasteiger partial charge on any atom is 0.0110 e. The molecule has 0 spiro atoms. The van der Waals surface area contributed by atoms with Crippen LogP contribution in [-0.2, 0) is 0 Å². The second kappa shape index (κ2) is 5.50. The summed E-state index contributed by atoms with van der Waals surface area (Å²) >= 11 is 0. The molecule has 2 fully saturated rings. The quantitative estimate of drug-likeness (QED) is 0.727. The summed E-state index contributed by atoms with van der Waals surface area (Å²) in [6.45, 7) is 7.48. The van der Waals surface area contributed by atoms with Crippen LogP contribution in [0.4, 0.5) is 0 Å². The maximum atomic E-state index is 2.71. The van der Waals surface area contributed by atoms with Gasteiger partial charge in [-0.1, -0.05) is 6.42 Å². The van der Waals surface area contributed by atoms with Crippen molar-refractivity contribution in [2.24, 2.45) is 0 Å². The molecule has 0 amide bonds. The van der Waals surface area contributed by atoms with Crippen LogP contribution in [0.25, 0.3) is 0 Å². The molecule has 94 valence electrons. The first-order valence-corrected chi connectivity index (χ1v) is 7.14. The summed E-state index contributed by atoms with van der Waals surface area (Å²) < 4.78 is 0. The zero-order chi connectivity index (χ0) is 11.5. The van der Waals surface area contributed by atoms with E-state index in [9.17, 15) is 0 Å². The Labute approximate surface area is 101 Å². The number of piperidine rings is 1. The van der Waals surface area contributed by atoms with Gasteiger partial charge in [0.05, 0.1) is 0 Å². The molecule has 3 atom stereocenters. The Hall–Kier alpha value is -0.0800. The van der Waals surface area contributed by atoms with E-state index in [2.05, 4.69) is 30.7 Å². The second-order valence-electron chi connectivity index (χ2n) is 5.93. The molecule has 0 aromatic rings. The Morgan fingerprint density at radius 1 is 1.12 bits per heavy atom. The molecule has 2 nitrogen and oxygen atoms in total. The zero-order valence-corrected chi connectivity index (χ0v) is 11.3. The summed E-state index contributed by atoms with van der Waals surface area (Å²) in [4.78, 5) is 5.31. The lowest BCUT2D eigenvalue weighted by atomic mass is 10.0. The van der Waals surface area contributed by atoms with Crippen molar-refractivity contribution < 1.29 is 0 Å². The summed E-state index contributed by atoms with van der Waals surface area (Å²) in [6.07, 6.45) is 8.47. The molecule has 1 unspecified atom stereocenters. The van der Waals surface area contributed by atoms with Crippen LogP contribution < -0.4 is 0 Å². The van der Waals surface area contributed by atoms with Crippen molar-refractivity contribution in [3.8, 4) is 0 Å². The molecule has 0 radical (unpaired) electrons. The third kappa shape index (κ3) is 2.78. The molecule has 0 N–H and O–H groups in total. The van der Waals surface area contributed by atoms with Gasteiger partial charge in [0, 0.05) is 18.1 Å². The van der Waals surface area contributed by atoms with E-state index < -0.39 is 0 Å². The molecule has 0 aromatic heterocycles. The predicted molar refractivity (Wildman–Crippen MR) is 69.8 cm³/mol. The average Bonchev–Trinajstić information content (AvgIpc) is 2.62. The number of nitrogens with zero attached hydrogens (tertiary/aromatic N) is 2. The highest BCUT2D eigenvalue weighted by Crippen LogP contribution is 2.26. The first-order valence-electron chi connectivity index (χ1n) is 7.14. The molecule has 2 aliphatic heterocycles. The molecule has 0 aliphatic carbocycles. The maximum absolute atomic E-state index is 2.71. The van der Waals surface area contributed by atoms with Gasteiger partial charge in [0.25, 0.3) is 0 Å². The number of hydrogen-bond acceptors (Lipinski definition) is 2. The molecule has 0 aromatic carbocycles. The fraction of sp³-hybridized carbons (Fsp3) is 1.00. The van der Waals surface area contributed by atoms with E-state index in [4.69, 9.17) is 0 Å². The Kier molecular flexibility index (Phi) is 4.26. The van der Waals surface area contributed by atoms with Crippen molar-refractivity contribution >= 4 is 0 Å². The average molecular weight is 224 g/mol. The molecule has 0 saturated carbocycles. The molecule has 2 saturated heterocycles. The number of likely N-dealkylation sites (tertiary alicyclic amines) is 2. The molecule has 2 rings (SSSR count). The topological polar surface area (TPSA) is 6.48 Å². The number of rotatable bonds is 3. The lowest BCUT2D eigenvalue weighted by Crippen LogP contribution is -2.41. The van der Waals surface area contributed by atoms with E-state index in [1.807, 2.05) is 0 Å². The summed E-state index contributed by atoms with van der Waals surface area (Å²) in [5.74, 6) is 0. The summed E-state index contributed by atoms with van der Waals surface area (Å²) in [7, 11) is 2.31. The van der Waals surface area contributed by atoms with Crippen LogP contribution in [0.1, 0.15) is 52.4 Å². The van der Waals surface area contributed by atoms with E-state index in [1.165, 1.54) is 51.6 Å². The van der Waals surface area contributed by atoms with E-state index >= 15 is 0 Å². The van der Waals surface area contributed by atoms with Crippen molar-refractivity contribution in [2.45, 2.75) is 70.5 Å². The Bertz CT molecular complexity index is 211. The normalized spacial score (nSPS) is 35.4. The minimum absolute atomic E-state index is 0.790. The second-order valence-corrected chi connectivity index (χ2v) is 5.93. The van der Waals surface area contributed by atoms with Gasteiger partial charge in [-0.15, -0.1) is 0 Å². The van der Waals surface area contributed by atoms with Gasteiger partial charge in [0.1, 0.15) is 0 Å². The molecule has 16 heavy (non-hydrogen) atoms. The number of hydrogen-bond donors (Lipinski definition) is 0. The lowest BCUT2D eigenvalue weighted by molar-refractivity contribution is 0.134. The van der Waals surface area contributed by atoms with E-state index in [0.717, 1.165) is 18.1 Å². The van der Waals surface area contributed by atoms with Crippen molar-refractivity contribution in [3.63, 3.8) is 0 Å². The van der Waals surface area contributed by atoms with Crippen LogP contribution in [0, 0.1) is 0 Å². The Morgan fingerprint density at radius 2 is 1.81 bits per heavy atom. The van der Waals surface area contributed by atoms with Crippen molar-refractivity contribution in [1.29, 1.82) is 0 Å². The van der Waals surface area contributed by atoms with Gasteiger partial charge in [-0.05, 0) is 66.1 Å². The largest absolute Gasteiger partial charge is 0.301 e. The highest BCUT2D eigenvalue weighted by Gasteiger charge is 2.29. The fourth-order valence-electron chi connectivity index (χ4n) is 3.39. The van der Waals surface area contributed by atoms with Crippen LogP contribution in [0.15, 0.2) is 0 Å². The summed E-state index contributed by atoms with van der Waals surface area (Å²) in [5, 5.41) is 0. The van der Waals surface area contributed by atoms with Gasteiger partial charge in [0.15, 0.2) is 0 Å². The molecule has 2 aliphatic rings. The van der Waals surface area contributed by atoms with Crippen LogP contribution in [-0.4, -0.2) is 48.1 Å². The SMILES string of the molecule is CC(C[C@H]1CC[C@@H](C)N1C)N1CCCCC1. The molecular formula is C14H28N2. The first kappa shape index (κ1) is 12.4. The highest BCUT2D eigenvalue weighted by atomic mass is 15.2. The molecular weight excluding hydrogens is 196 g/mol. The Balaban J connectivity index is 1.79. The molecule has 2 heterocycles. The monoisotopic (exact) mass is 224 g/mol. The Morgan fingerprint density at radius 3 is 2.38 bits per heavy atom. The zero-order valence-electron chi connectivity index (χ0n) is 11.3. The van der Waals surface area contributed by atoms with E-state index in [1.54, 1.807) is 0 Å². The van der Waals surface area contributed by atoms with Gasteiger partial charge in [0.2, 0.25) is 0 Å². The summed E-state index contributed by atoms with van der Waals surface area (Å²) in [6, 6.07) is 2.43. The van der Waals surface area contributed by atoms with Gasteiger partial charge in [-0.25, -0.2) is 0 Å². The summed E-state index contributed by atoms with van der Waals surface area (Å²) in [5.41, 5.74) is 0. The smallest absolute Gasteiger partial charge is 0.0110 e.